The van der Waals surface area contributed by atoms with Crippen molar-refractivity contribution >= 4 is 0 Å². The Labute approximate surface area is 87.8 Å². The Balaban J connectivity index is 1.79. The van der Waals surface area contributed by atoms with Gasteiger partial charge in [0.25, 0.3) is 0 Å². The summed E-state index contributed by atoms with van der Waals surface area (Å²) < 4.78 is 5.54. The number of hydrogen-bond donors (Lipinski definition) is 1. The fourth-order valence-electron chi connectivity index (χ4n) is 1.72. The van der Waals surface area contributed by atoms with Crippen molar-refractivity contribution in [3.8, 4) is 0 Å². The summed E-state index contributed by atoms with van der Waals surface area (Å²) in [6.07, 6.45) is 2.74. The van der Waals surface area contributed by atoms with Crippen LogP contribution in [0.25, 0.3) is 0 Å². The summed E-state index contributed by atoms with van der Waals surface area (Å²) in [6.45, 7) is 10.7. The van der Waals surface area contributed by atoms with Crippen LogP contribution in [0.15, 0.2) is 0 Å². The third-order valence-electron chi connectivity index (χ3n) is 2.55. The fraction of sp³-hybridized carbons (Fsp3) is 1.00. The molecular formula is C11H24N2O. The Kier molecular flexibility index (Phi) is 6.15. The van der Waals surface area contributed by atoms with E-state index in [1.807, 2.05) is 0 Å². The number of nitrogens with zero attached hydrogens (tertiary/aromatic N) is 1. The van der Waals surface area contributed by atoms with Gasteiger partial charge in [-0.2, -0.15) is 0 Å². The monoisotopic (exact) mass is 200 g/mol. The zero-order valence-electron chi connectivity index (χ0n) is 9.59. The zero-order valence-corrected chi connectivity index (χ0v) is 9.59. The third kappa shape index (κ3) is 5.58. The van der Waals surface area contributed by atoms with Crippen molar-refractivity contribution in [2.24, 2.45) is 0 Å². The molecule has 0 radical (unpaired) electrons. The van der Waals surface area contributed by atoms with Crippen LogP contribution in [0.5, 0.6) is 0 Å². The van der Waals surface area contributed by atoms with Crippen LogP contribution in [-0.4, -0.2) is 50.3 Å². The van der Waals surface area contributed by atoms with Gasteiger partial charge in [-0.3, -0.25) is 0 Å². The molecule has 0 bridgehead atoms. The second-order valence-corrected chi connectivity index (χ2v) is 4.27. The van der Waals surface area contributed by atoms with Crippen LogP contribution in [0.2, 0.25) is 0 Å². The molecule has 0 saturated carbocycles. The van der Waals surface area contributed by atoms with Crippen LogP contribution >= 0.6 is 0 Å². The van der Waals surface area contributed by atoms with Crippen molar-refractivity contribution in [3.63, 3.8) is 0 Å². The highest BCUT2D eigenvalue weighted by Gasteiger charge is 2.09. The van der Waals surface area contributed by atoms with Crippen LogP contribution in [0.4, 0.5) is 0 Å². The third-order valence-corrected chi connectivity index (χ3v) is 2.55. The highest BCUT2D eigenvalue weighted by atomic mass is 16.5. The van der Waals surface area contributed by atoms with Crippen LogP contribution in [-0.2, 0) is 4.74 Å². The maximum absolute atomic E-state index is 5.54. The minimum atomic E-state index is 0.567. The van der Waals surface area contributed by atoms with E-state index in [1.54, 1.807) is 0 Å². The van der Waals surface area contributed by atoms with Crippen molar-refractivity contribution in [2.75, 3.05) is 39.4 Å². The molecule has 0 aliphatic carbocycles. The van der Waals surface area contributed by atoms with E-state index in [-0.39, 0.29) is 0 Å². The van der Waals surface area contributed by atoms with Gasteiger partial charge in [0.1, 0.15) is 0 Å². The summed E-state index contributed by atoms with van der Waals surface area (Å²) in [5.41, 5.74) is 0. The van der Waals surface area contributed by atoms with E-state index >= 15 is 0 Å². The number of rotatable bonds is 7. The standard InChI is InChI=1S/C11H24N2O/c1-11(2)12-5-9-14-10-8-13-6-3-4-7-13/h11-12H,3-10H2,1-2H3. The number of ether oxygens (including phenoxy) is 1. The maximum Gasteiger partial charge on any atom is 0.0594 e. The van der Waals surface area contributed by atoms with Gasteiger partial charge >= 0.3 is 0 Å². The van der Waals surface area contributed by atoms with E-state index in [0.29, 0.717) is 6.04 Å². The first-order chi connectivity index (χ1) is 6.79. The topological polar surface area (TPSA) is 24.5 Å². The van der Waals surface area contributed by atoms with Gasteiger partial charge in [-0.25, -0.2) is 0 Å². The highest BCUT2D eigenvalue weighted by Crippen LogP contribution is 2.05. The maximum atomic E-state index is 5.54. The minimum absolute atomic E-state index is 0.567. The van der Waals surface area contributed by atoms with Gasteiger partial charge in [0.05, 0.1) is 13.2 Å². The molecule has 0 aromatic carbocycles. The molecule has 3 nitrogen and oxygen atoms in total. The molecule has 1 N–H and O–H groups in total. The summed E-state index contributed by atoms with van der Waals surface area (Å²) in [4.78, 5) is 2.48. The summed E-state index contributed by atoms with van der Waals surface area (Å²) in [6, 6.07) is 0.567. The lowest BCUT2D eigenvalue weighted by atomic mass is 10.4. The second-order valence-electron chi connectivity index (χ2n) is 4.27. The van der Waals surface area contributed by atoms with Gasteiger partial charge in [-0.1, -0.05) is 13.8 Å². The Bertz CT molecular complexity index is 133. The molecule has 0 amide bonds. The first-order valence-electron chi connectivity index (χ1n) is 5.82. The highest BCUT2D eigenvalue weighted by molar-refractivity contribution is 4.65. The van der Waals surface area contributed by atoms with Gasteiger partial charge < -0.3 is 15.0 Å². The minimum Gasteiger partial charge on any atom is -0.379 e. The average Bonchev–Trinajstić information content (AvgIpc) is 2.63. The first kappa shape index (κ1) is 12.0. The van der Waals surface area contributed by atoms with Crippen LogP contribution < -0.4 is 5.32 Å². The summed E-state index contributed by atoms with van der Waals surface area (Å²) in [7, 11) is 0. The van der Waals surface area contributed by atoms with Gasteiger partial charge in [-0.15, -0.1) is 0 Å². The molecule has 0 aromatic rings. The van der Waals surface area contributed by atoms with Crippen LogP contribution in [0.3, 0.4) is 0 Å². The molecule has 1 aliphatic heterocycles. The smallest absolute Gasteiger partial charge is 0.0594 e. The van der Waals surface area contributed by atoms with E-state index in [4.69, 9.17) is 4.74 Å². The summed E-state index contributed by atoms with van der Waals surface area (Å²) in [5, 5.41) is 3.34. The molecule has 0 unspecified atom stereocenters. The number of nitrogens with one attached hydrogen (secondary N) is 1. The lowest BCUT2D eigenvalue weighted by Gasteiger charge is -2.14. The second kappa shape index (κ2) is 7.21. The molecule has 1 rings (SSSR count). The first-order valence-corrected chi connectivity index (χ1v) is 5.82. The van der Waals surface area contributed by atoms with Crippen LogP contribution in [0, 0.1) is 0 Å². The summed E-state index contributed by atoms with van der Waals surface area (Å²) in [5.74, 6) is 0. The van der Waals surface area contributed by atoms with E-state index < -0.39 is 0 Å². The molecule has 84 valence electrons. The van der Waals surface area contributed by atoms with Crippen molar-refractivity contribution < 1.29 is 4.74 Å². The van der Waals surface area contributed by atoms with Gasteiger partial charge in [-0.05, 0) is 25.9 Å². The molecule has 1 fully saturated rings. The molecule has 1 aliphatic rings. The Morgan fingerprint density at radius 2 is 1.93 bits per heavy atom. The fourth-order valence-corrected chi connectivity index (χ4v) is 1.72. The lowest BCUT2D eigenvalue weighted by Crippen LogP contribution is -2.28. The molecule has 1 heterocycles. The van der Waals surface area contributed by atoms with Gasteiger partial charge in [0.15, 0.2) is 0 Å². The Hall–Kier alpha value is -0.120. The van der Waals surface area contributed by atoms with E-state index in [0.717, 1.165) is 26.3 Å². The molecule has 0 aromatic heterocycles. The zero-order chi connectivity index (χ0) is 10.2. The SMILES string of the molecule is CC(C)NCCOCCN1CCCC1. The largest absolute Gasteiger partial charge is 0.379 e. The van der Waals surface area contributed by atoms with E-state index in [2.05, 4.69) is 24.1 Å². The molecule has 14 heavy (non-hydrogen) atoms. The normalized spacial score (nSPS) is 18.2. The van der Waals surface area contributed by atoms with Crippen molar-refractivity contribution in [3.05, 3.63) is 0 Å². The molecule has 0 atom stereocenters. The predicted octanol–water partition coefficient (Wildman–Crippen LogP) is 1.10. The van der Waals surface area contributed by atoms with E-state index in [1.165, 1.54) is 25.9 Å². The lowest BCUT2D eigenvalue weighted by molar-refractivity contribution is 0.112. The number of hydrogen-bond acceptors (Lipinski definition) is 3. The van der Waals surface area contributed by atoms with Crippen molar-refractivity contribution in [1.29, 1.82) is 0 Å². The van der Waals surface area contributed by atoms with Gasteiger partial charge in [0.2, 0.25) is 0 Å². The van der Waals surface area contributed by atoms with Crippen LogP contribution in [0.1, 0.15) is 26.7 Å². The average molecular weight is 200 g/mol. The predicted molar refractivity (Wildman–Crippen MR) is 59.6 cm³/mol. The molecule has 1 saturated heterocycles. The van der Waals surface area contributed by atoms with E-state index in [9.17, 15) is 0 Å². The summed E-state index contributed by atoms with van der Waals surface area (Å²) >= 11 is 0. The molecule has 0 spiro atoms. The quantitative estimate of drug-likeness (QED) is 0.623. The van der Waals surface area contributed by atoms with Crippen molar-refractivity contribution in [2.45, 2.75) is 32.7 Å². The Morgan fingerprint density at radius 1 is 1.21 bits per heavy atom. The van der Waals surface area contributed by atoms with Crippen molar-refractivity contribution in [1.82, 2.24) is 10.2 Å². The molecular weight excluding hydrogens is 176 g/mol. The number of likely N-dealkylation sites (tertiary alicyclic amines) is 1. The molecule has 3 heteroatoms. The van der Waals surface area contributed by atoms with Gasteiger partial charge in [0, 0.05) is 19.1 Å². The Morgan fingerprint density at radius 3 is 2.57 bits per heavy atom.